The Balaban J connectivity index is 1.38. The monoisotopic (exact) mass is 546 g/mol. The van der Waals surface area contributed by atoms with Crippen LogP contribution in [0.15, 0.2) is 34.1 Å². The quantitative estimate of drug-likeness (QED) is 0.378. The van der Waals surface area contributed by atoms with E-state index in [1.165, 1.54) is 160 Å². The second kappa shape index (κ2) is 12.9. The Hall–Kier alpha value is -1.61. The van der Waals surface area contributed by atoms with Crippen LogP contribution >= 0.6 is 11.8 Å². The van der Waals surface area contributed by atoms with E-state index in [-0.39, 0.29) is 0 Å². The summed E-state index contributed by atoms with van der Waals surface area (Å²) in [6.07, 6.45) is 25.3. The molecule has 0 amide bonds. The molecule has 39 heavy (non-hydrogen) atoms. The number of hydrogen-bond donors (Lipinski definition) is 2. The Morgan fingerprint density at radius 2 is 0.615 bits per heavy atom. The highest BCUT2D eigenvalue weighted by Gasteiger charge is 2.28. The van der Waals surface area contributed by atoms with E-state index in [0.717, 1.165) is 0 Å². The van der Waals surface area contributed by atoms with Crippen LogP contribution in [0.2, 0.25) is 0 Å². The van der Waals surface area contributed by atoms with Crippen LogP contribution in [0.1, 0.15) is 174 Å². The first-order valence-electron chi connectivity index (χ1n) is 16.6. The maximum Gasteiger partial charge on any atom is 0.122 e. The van der Waals surface area contributed by atoms with Crippen LogP contribution in [0.5, 0.6) is 11.5 Å². The molecule has 0 bridgehead atoms. The number of benzene rings is 2. The summed E-state index contributed by atoms with van der Waals surface area (Å²) in [6.45, 7) is 0. The summed E-state index contributed by atoms with van der Waals surface area (Å²) in [6, 6.07) is 9.37. The van der Waals surface area contributed by atoms with Crippen molar-refractivity contribution >= 4 is 11.8 Å². The Morgan fingerprint density at radius 1 is 0.385 bits per heavy atom. The third-order valence-corrected chi connectivity index (χ3v) is 11.6. The van der Waals surface area contributed by atoms with Crippen LogP contribution in [-0.2, 0) is 0 Å². The molecule has 0 aliphatic heterocycles. The van der Waals surface area contributed by atoms with Crippen molar-refractivity contribution in [2.75, 3.05) is 0 Å². The standard InChI is InChI=1S/C36H50O2S/c37-35-31(25-13-5-1-6-14-25)21-29(22-32(35)26-15-7-2-8-16-26)39-30-23-33(27-17-9-3-10-18-27)36(38)34(24-30)28-19-11-4-12-20-28/h21-28,37-38H,1-20H2. The summed E-state index contributed by atoms with van der Waals surface area (Å²) in [5, 5.41) is 23.2. The number of phenolic OH excluding ortho intramolecular Hbond substituents is 2. The Morgan fingerprint density at radius 3 is 0.846 bits per heavy atom. The Bertz CT molecular complexity index is 934. The minimum atomic E-state index is 0.497. The van der Waals surface area contributed by atoms with Gasteiger partial charge in [-0.15, -0.1) is 0 Å². The molecule has 4 aliphatic rings. The molecule has 0 radical (unpaired) electrons. The molecule has 3 heteroatoms. The molecular weight excluding hydrogens is 496 g/mol. The van der Waals surface area contributed by atoms with Gasteiger partial charge in [-0.3, -0.25) is 0 Å². The lowest BCUT2D eigenvalue weighted by Crippen LogP contribution is -2.10. The van der Waals surface area contributed by atoms with Gasteiger partial charge in [0, 0.05) is 9.79 Å². The fourth-order valence-corrected chi connectivity index (χ4v) is 9.47. The minimum Gasteiger partial charge on any atom is -0.507 e. The second-order valence-corrected chi connectivity index (χ2v) is 14.5. The van der Waals surface area contributed by atoms with Crippen LogP contribution in [-0.4, -0.2) is 10.2 Å². The lowest BCUT2D eigenvalue weighted by atomic mass is 9.79. The molecule has 6 rings (SSSR count). The molecule has 0 atom stereocenters. The molecule has 2 aromatic carbocycles. The van der Waals surface area contributed by atoms with Gasteiger partial charge in [0.25, 0.3) is 0 Å². The summed E-state index contributed by atoms with van der Waals surface area (Å²) in [4.78, 5) is 2.59. The van der Waals surface area contributed by atoms with Gasteiger partial charge in [0.15, 0.2) is 0 Å². The number of phenols is 2. The Kier molecular flexibility index (Phi) is 9.13. The van der Waals surface area contributed by atoms with E-state index in [2.05, 4.69) is 24.3 Å². The summed E-state index contributed by atoms with van der Waals surface area (Å²) in [5.74, 6) is 3.23. The van der Waals surface area contributed by atoms with Crippen molar-refractivity contribution in [2.45, 2.75) is 162 Å². The van der Waals surface area contributed by atoms with E-state index < -0.39 is 0 Å². The predicted molar refractivity (Wildman–Crippen MR) is 164 cm³/mol. The zero-order valence-corrected chi connectivity index (χ0v) is 24.9. The molecule has 4 saturated carbocycles. The molecular formula is C36H50O2S. The molecule has 0 unspecified atom stereocenters. The van der Waals surface area contributed by atoms with Crippen molar-refractivity contribution in [1.82, 2.24) is 0 Å². The van der Waals surface area contributed by atoms with E-state index in [9.17, 15) is 10.2 Å². The molecule has 0 aromatic heterocycles. The van der Waals surface area contributed by atoms with Crippen molar-refractivity contribution in [2.24, 2.45) is 0 Å². The molecule has 2 N–H and O–H groups in total. The minimum absolute atomic E-state index is 0.497. The summed E-state index contributed by atoms with van der Waals surface area (Å²) < 4.78 is 0. The first-order chi connectivity index (χ1) is 19.2. The highest BCUT2D eigenvalue weighted by Crippen LogP contribution is 2.49. The number of hydrogen-bond acceptors (Lipinski definition) is 3. The van der Waals surface area contributed by atoms with E-state index in [4.69, 9.17) is 0 Å². The topological polar surface area (TPSA) is 40.5 Å². The van der Waals surface area contributed by atoms with E-state index in [1.54, 1.807) is 0 Å². The van der Waals surface area contributed by atoms with Crippen molar-refractivity contribution in [3.05, 3.63) is 46.5 Å². The van der Waals surface area contributed by atoms with E-state index in [1.807, 2.05) is 11.8 Å². The SMILES string of the molecule is Oc1c(C2CCCCC2)cc(Sc2cc(C3CCCCC3)c(O)c(C3CCCCC3)c2)cc1C1CCCCC1. The fourth-order valence-electron chi connectivity index (χ4n) is 8.46. The molecule has 4 fully saturated rings. The molecule has 4 aliphatic carbocycles. The highest BCUT2D eigenvalue weighted by atomic mass is 32.2. The van der Waals surface area contributed by atoms with Gasteiger partial charge in [-0.2, -0.15) is 0 Å². The smallest absolute Gasteiger partial charge is 0.122 e. The zero-order chi connectivity index (χ0) is 26.6. The highest BCUT2D eigenvalue weighted by molar-refractivity contribution is 7.99. The van der Waals surface area contributed by atoms with Crippen LogP contribution in [0.4, 0.5) is 0 Å². The Labute approximate surface area is 241 Å². The molecule has 2 aromatic rings. The zero-order valence-electron chi connectivity index (χ0n) is 24.1. The van der Waals surface area contributed by atoms with Crippen LogP contribution in [0, 0.1) is 0 Å². The third kappa shape index (κ3) is 6.34. The van der Waals surface area contributed by atoms with Crippen LogP contribution in [0.3, 0.4) is 0 Å². The fraction of sp³-hybridized carbons (Fsp3) is 0.667. The van der Waals surface area contributed by atoms with E-state index in [0.29, 0.717) is 35.2 Å². The van der Waals surface area contributed by atoms with Gasteiger partial charge < -0.3 is 10.2 Å². The largest absolute Gasteiger partial charge is 0.507 e. The van der Waals surface area contributed by atoms with Gasteiger partial charge in [-0.25, -0.2) is 0 Å². The van der Waals surface area contributed by atoms with Gasteiger partial charge >= 0.3 is 0 Å². The summed E-state index contributed by atoms with van der Waals surface area (Å²) >= 11 is 1.90. The lowest BCUT2D eigenvalue weighted by molar-refractivity contribution is 0.392. The maximum absolute atomic E-state index is 11.6. The van der Waals surface area contributed by atoms with Crippen molar-refractivity contribution in [3.63, 3.8) is 0 Å². The van der Waals surface area contributed by atoms with Gasteiger partial charge in [0.1, 0.15) is 11.5 Å². The maximum atomic E-state index is 11.6. The van der Waals surface area contributed by atoms with Gasteiger partial charge in [0.2, 0.25) is 0 Å². The lowest BCUT2D eigenvalue weighted by Gasteiger charge is -2.29. The van der Waals surface area contributed by atoms with Crippen LogP contribution in [0.25, 0.3) is 0 Å². The van der Waals surface area contributed by atoms with Gasteiger partial charge in [-0.1, -0.05) is 88.8 Å². The van der Waals surface area contributed by atoms with E-state index >= 15 is 0 Å². The predicted octanol–water partition coefficient (Wildman–Crippen LogP) is 11.4. The first-order valence-corrected chi connectivity index (χ1v) is 17.4. The average Bonchev–Trinajstić information content (AvgIpc) is 3.00. The average molecular weight is 547 g/mol. The number of rotatable bonds is 6. The normalized spacial score (nSPS) is 22.8. The molecule has 2 nitrogen and oxygen atoms in total. The summed E-state index contributed by atoms with van der Waals surface area (Å²) in [7, 11) is 0. The summed E-state index contributed by atoms with van der Waals surface area (Å²) in [5.41, 5.74) is 4.89. The van der Waals surface area contributed by atoms with Gasteiger partial charge in [0.05, 0.1) is 0 Å². The van der Waals surface area contributed by atoms with Crippen LogP contribution < -0.4 is 0 Å². The van der Waals surface area contributed by atoms with Gasteiger partial charge in [-0.05, 0) is 122 Å². The third-order valence-electron chi connectivity index (χ3n) is 10.7. The van der Waals surface area contributed by atoms with Crippen molar-refractivity contribution in [1.29, 1.82) is 0 Å². The molecule has 0 spiro atoms. The first kappa shape index (κ1) is 27.6. The molecule has 212 valence electrons. The number of aromatic hydroxyl groups is 2. The molecule has 0 saturated heterocycles. The molecule has 0 heterocycles. The second-order valence-electron chi connectivity index (χ2n) is 13.3. The van der Waals surface area contributed by atoms with Crippen molar-refractivity contribution in [3.8, 4) is 11.5 Å². The van der Waals surface area contributed by atoms with Crippen molar-refractivity contribution < 1.29 is 10.2 Å².